The van der Waals surface area contributed by atoms with Gasteiger partial charge in [0.15, 0.2) is 0 Å². The van der Waals surface area contributed by atoms with Crippen LogP contribution in [-0.2, 0) is 12.3 Å². The van der Waals surface area contributed by atoms with Gasteiger partial charge in [0.05, 0.1) is 6.04 Å². The van der Waals surface area contributed by atoms with E-state index in [0.717, 1.165) is 27.1 Å². The lowest BCUT2D eigenvalue weighted by Crippen LogP contribution is -2.08. The maximum atomic E-state index is 6.29. The van der Waals surface area contributed by atoms with Crippen LogP contribution in [0.1, 0.15) is 42.9 Å². The summed E-state index contributed by atoms with van der Waals surface area (Å²) >= 11 is 7.92. The Morgan fingerprint density at radius 3 is 2.86 bits per heavy atom. The zero-order chi connectivity index (χ0) is 14.7. The van der Waals surface area contributed by atoms with Crippen LogP contribution in [0.5, 0.6) is 0 Å². The number of nitrogens with two attached hydrogens (primary N) is 1. The van der Waals surface area contributed by atoms with E-state index in [1.165, 1.54) is 25.7 Å². The lowest BCUT2D eigenvalue weighted by atomic mass is 10.1. The summed E-state index contributed by atoms with van der Waals surface area (Å²) in [7, 11) is 0. The molecule has 21 heavy (non-hydrogen) atoms. The molecule has 1 heterocycles. The highest BCUT2D eigenvalue weighted by molar-refractivity contribution is 7.98. The lowest BCUT2D eigenvalue weighted by molar-refractivity contribution is 0.423. The summed E-state index contributed by atoms with van der Waals surface area (Å²) < 4.78 is 1.97. The van der Waals surface area contributed by atoms with Gasteiger partial charge in [0.1, 0.15) is 0 Å². The monoisotopic (exact) mass is 323 g/mol. The summed E-state index contributed by atoms with van der Waals surface area (Å²) in [5.41, 5.74) is 7.74. The number of benzene rings is 1. The number of nitrogens with zero attached hydrogens (tertiary/aromatic N) is 4. The first-order valence-electron chi connectivity index (χ1n) is 7.16. The Morgan fingerprint density at radius 2 is 2.14 bits per heavy atom. The van der Waals surface area contributed by atoms with Crippen molar-refractivity contribution in [1.29, 1.82) is 0 Å². The first-order chi connectivity index (χ1) is 10.3. The van der Waals surface area contributed by atoms with Crippen molar-refractivity contribution in [3.63, 3.8) is 0 Å². The Kier molecular flexibility index (Phi) is 4.77. The molecule has 1 aliphatic rings. The van der Waals surface area contributed by atoms with Crippen LogP contribution in [0.25, 0.3) is 0 Å². The van der Waals surface area contributed by atoms with Gasteiger partial charge < -0.3 is 5.73 Å². The molecule has 1 fully saturated rings. The summed E-state index contributed by atoms with van der Waals surface area (Å²) in [5, 5.41) is 13.7. The third kappa shape index (κ3) is 3.39. The summed E-state index contributed by atoms with van der Waals surface area (Å²) in [6, 6.07) is 6.43. The normalized spacial score (nSPS) is 15.7. The summed E-state index contributed by atoms with van der Waals surface area (Å²) in [5.74, 6) is 0.761. The molecule has 1 aliphatic carbocycles. The molecule has 1 saturated carbocycles. The smallest absolute Gasteiger partial charge is 0.209 e. The number of rotatable bonds is 5. The molecule has 0 spiro atoms. The molecule has 5 nitrogen and oxygen atoms in total. The Hall–Kier alpha value is -1.11. The van der Waals surface area contributed by atoms with Gasteiger partial charge >= 0.3 is 0 Å². The highest BCUT2D eigenvalue weighted by Crippen LogP contribution is 2.33. The van der Waals surface area contributed by atoms with Crippen molar-refractivity contribution in [2.24, 2.45) is 5.73 Å². The summed E-state index contributed by atoms with van der Waals surface area (Å²) in [6.45, 7) is 0.507. The molecular formula is C14H18ClN5S. The minimum Gasteiger partial charge on any atom is -0.326 e. The van der Waals surface area contributed by atoms with Gasteiger partial charge in [-0.15, -0.1) is 5.10 Å². The van der Waals surface area contributed by atoms with E-state index in [9.17, 15) is 0 Å². The molecule has 0 unspecified atom stereocenters. The minimum atomic E-state index is 0.456. The van der Waals surface area contributed by atoms with Crippen LogP contribution in [0.3, 0.4) is 0 Å². The Bertz CT molecular complexity index is 609. The molecule has 0 bridgehead atoms. The van der Waals surface area contributed by atoms with Gasteiger partial charge in [0.25, 0.3) is 0 Å². The number of tetrazole rings is 1. The van der Waals surface area contributed by atoms with Gasteiger partial charge in [-0.05, 0) is 40.5 Å². The quantitative estimate of drug-likeness (QED) is 0.856. The predicted molar refractivity (Wildman–Crippen MR) is 84.2 cm³/mol. The van der Waals surface area contributed by atoms with Crippen LogP contribution in [0.2, 0.25) is 5.02 Å². The predicted octanol–water partition coefficient (Wildman–Crippen LogP) is 3.19. The Labute approximate surface area is 133 Å². The molecule has 7 heteroatoms. The first-order valence-corrected chi connectivity index (χ1v) is 8.52. The Balaban J connectivity index is 1.69. The second-order valence-corrected chi connectivity index (χ2v) is 6.61. The van der Waals surface area contributed by atoms with Crippen molar-refractivity contribution in [3.8, 4) is 0 Å². The summed E-state index contributed by atoms with van der Waals surface area (Å²) in [6.07, 6.45) is 4.87. The van der Waals surface area contributed by atoms with E-state index in [4.69, 9.17) is 17.3 Å². The molecule has 0 amide bonds. The van der Waals surface area contributed by atoms with Crippen molar-refractivity contribution in [1.82, 2.24) is 20.2 Å². The zero-order valence-corrected chi connectivity index (χ0v) is 13.3. The molecule has 0 atom stereocenters. The van der Waals surface area contributed by atoms with E-state index in [0.29, 0.717) is 12.6 Å². The fourth-order valence-electron chi connectivity index (χ4n) is 2.64. The highest BCUT2D eigenvalue weighted by atomic mass is 35.5. The third-order valence-electron chi connectivity index (χ3n) is 3.84. The van der Waals surface area contributed by atoms with Gasteiger partial charge in [0.2, 0.25) is 5.16 Å². The molecule has 3 rings (SSSR count). The Morgan fingerprint density at radius 1 is 1.33 bits per heavy atom. The van der Waals surface area contributed by atoms with Crippen LogP contribution < -0.4 is 5.73 Å². The van der Waals surface area contributed by atoms with Crippen LogP contribution in [0, 0.1) is 0 Å². The fourth-order valence-corrected chi connectivity index (χ4v) is 3.93. The molecule has 0 radical (unpaired) electrons. The average Bonchev–Trinajstić information content (AvgIpc) is 3.16. The second-order valence-electron chi connectivity index (χ2n) is 5.26. The van der Waals surface area contributed by atoms with E-state index >= 15 is 0 Å². The topological polar surface area (TPSA) is 69.6 Å². The minimum absolute atomic E-state index is 0.456. The number of thioether (sulfide) groups is 1. The molecule has 1 aromatic carbocycles. The zero-order valence-electron chi connectivity index (χ0n) is 11.7. The van der Waals surface area contributed by atoms with E-state index in [2.05, 4.69) is 15.5 Å². The number of halogens is 1. The van der Waals surface area contributed by atoms with Crippen molar-refractivity contribution < 1.29 is 0 Å². The van der Waals surface area contributed by atoms with Gasteiger partial charge in [0, 0.05) is 17.3 Å². The molecule has 2 aromatic rings. The first kappa shape index (κ1) is 14.8. The van der Waals surface area contributed by atoms with Gasteiger partial charge in [-0.3, -0.25) is 0 Å². The average molecular weight is 324 g/mol. The van der Waals surface area contributed by atoms with Gasteiger partial charge in [-0.25, -0.2) is 4.68 Å². The SMILES string of the molecule is NCc1ccc(CSc2nnnn2C2CCCC2)c(Cl)c1. The van der Waals surface area contributed by atoms with Crippen LogP contribution in [0.4, 0.5) is 0 Å². The van der Waals surface area contributed by atoms with Gasteiger partial charge in [-0.2, -0.15) is 0 Å². The molecule has 112 valence electrons. The van der Waals surface area contributed by atoms with E-state index in [1.807, 2.05) is 22.9 Å². The largest absolute Gasteiger partial charge is 0.326 e. The van der Waals surface area contributed by atoms with Crippen molar-refractivity contribution >= 4 is 23.4 Å². The molecule has 2 N–H and O–H groups in total. The highest BCUT2D eigenvalue weighted by Gasteiger charge is 2.21. The van der Waals surface area contributed by atoms with Crippen molar-refractivity contribution in [2.45, 2.75) is 49.2 Å². The third-order valence-corrected chi connectivity index (χ3v) is 5.18. The number of aromatic nitrogens is 4. The van der Waals surface area contributed by atoms with E-state index in [1.54, 1.807) is 11.8 Å². The summed E-state index contributed by atoms with van der Waals surface area (Å²) in [4.78, 5) is 0. The maximum Gasteiger partial charge on any atom is 0.209 e. The van der Waals surface area contributed by atoms with Gasteiger partial charge in [-0.1, -0.05) is 48.3 Å². The lowest BCUT2D eigenvalue weighted by Gasteiger charge is -2.11. The number of hydrogen-bond acceptors (Lipinski definition) is 5. The molecular weight excluding hydrogens is 306 g/mol. The maximum absolute atomic E-state index is 6.29. The van der Waals surface area contributed by atoms with Crippen LogP contribution in [0.15, 0.2) is 23.4 Å². The molecule has 0 saturated heterocycles. The van der Waals surface area contributed by atoms with Crippen LogP contribution >= 0.6 is 23.4 Å². The van der Waals surface area contributed by atoms with Crippen LogP contribution in [-0.4, -0.2) is 20.2 Å². The van der Waals surface area contributed by atoms with E-state index < -0.39 is 0 Å². The van der Waals surface area contributed by atoms with E-state index in [-0.39, 0.29) is 0 Å². The molecule has 1 aromatic heterocycles. The standard InChI is InChI=1S/C14H18ClN5S/c15-13-7-10(8-16)5-6-11(13)9-21-14-17-18-19-20(14)12-3-1-2-4-12/h5-7,12H,1-4,8-9,16H2. The molecule has 0 aliphatic heterocycles. The fraction of sp³-hybridized carbons (Fsp3) is 0.500. The second kappa shape index (κ2) is 6.77. The van der Waals surface area contributed by atoms with Crippen molar-refractivity contribution in [2.75, 3.05) is 0 Å². The van der Waals surface area contributed by atoms with Crippen molar-refractivity contribution in [3.05, 3.63) is 34.3 Å². The number of hydrogen-bond donors (Lipinski definition) is 1.